The van der Waals surface area contributed by atoms with Gasteiger partial charge in [-0.15, -0.1) is 0 Å². The highest BCUT2D eigenvalue weighted by atomic mass is 35.5. The standard InChI is InChI=1S/C11H15ClFN3O/c1-7(11(14)15-17)16(2)6-8-3-4-9(12)10(13)5-8/h3-5,7,17H,6H2,1-2H3,(H2,14,15). The summed E-state index contributed by atoms with van der Waals surface area (Å²) in [6.45, 7) is 2.27. The Labute approximate surface area is 104 Å². The first-order chi connectivity index (χ1) is 7.95. The summed E-state index contributed by atoms with van der Waals surface area (Å²) in [4.78, 5) is 1.83. The number of rotatable bonds is 4. The average Bonchev–Trinajstić information content (AvgIpc) is 2.31. The van der Waals surface area contributed by atoms with Crippen LogP contribution in [0, 0.1) is 5.82 Å². The lowest BCUT2D eigenvalue weighted by molar-refractivity contribution is 0.279. The Bertz CT molecular complexity index is 425. The van der Waals surface area contributed by atoms with Crippen molar-refractivity contribution in [2.45, 2.75) is 19.5 Å². The second-order valence-electron chi connectivity index (χ2n) is 3.86. The summed E-state index contributed by atoms with van der Waals surface area (Å²) in [6, 6.07) is 4.38. The molecule has 1 aromatic carbocycles. The molecule has 0 aliphatic carbocycles. The Balaban J connectivity index is 2.74. The van der Waals surface area contributed by atoms with E-state index in [0.29, 0.717) is 6.54 Å². The molecule has 94 valence electrons. The van der Waals surface area contributed by atoms with Crippen molar-refractivity contribution in [1.82, 2.24) is 4.90 Å². The normalized spacial score (nSPS) is 14.1. The lowest BCUT2D eigenvalue weighted by atomic mass is 10.2. The first-order valence-corrected chi connectivity index (χ1v) is 5.45. The van der Waals surface area contributed by atoms with Crippen LogP contribution in [-0.2, 0) is 6.54 Å². The molecule has 1 rings (SSSR count). The molecule has 0 bridgehead atoms. The van der Waals surface area contributed by atoms with Crippen molar-refractivity contribution in [2.75, 3.05) is 7.05 Å². The predicted molar refractivity (Wildman–Crippen MR) is 65.7 cm³/mol. The molecule has 0 aromatic heterocycles. The molecule has 0 radical (unpaired) electrons. The molecule has 1 unspecified atom stereocenters. The van der Waals surface area contributed by atoms with Crippen LogP contribution in [0.3, 0.4) is 0 Å². The number of hydrogen-bond acceptors (Lipinski definition) is 3. The number of oxime groups is 1. The van der Waals surface area contributed by atoms with Gasteiger partial charge >= 0.3 is 0 Å². The minimum absolute atomic E-state index is 0.0980. The fourth-order valence-corrected chi connectivity index (χ4v) is 1.49. The Morgan fingerprint density at radius 3 is 2.82 bits per heavy atom. The van der Waals surface area contributed by atoms with E-state index < -0.39 is 5.82 Å². The fourth-order valence-electron chi connectivity index (χ4n) is 1.37. The van der Waals surface area contributed by atoms with E-state index in [0.717, 1.165) is 5.56 Å². The smallest absolute Gasteiger partial charge is 0.156 e. The second kappa shape index (κ2) is 5.84. The van der Waals surface area contributed by atoms with Crippen LogP contribution in [0.2, 0.25) is 5.02 Å². The van der Waals surface area contributed by atoms with Crippen molar-refractivity contribution in [3.8, 4) is 0 Å². The van der Waals surface area contributed by atoms with Gasteiger partial charge in [0.05, 0.1) is 11.1 Å². The van der Waals surface area contributed by atoms with Crippen LogP contribution in [0.4, 0.5) is 4.39 Å². The third-order valence-electron chi connectivity index (χ3n) is 2.62. The molecule has 17 heavy (non-hydrogen) atoms. The summed E-state index contributed by atoms with van der Waals surface area (Å²) >= 11 is 5.59. The lowest BCUT2D eigenvalue weighted by Gasteiger charge is -2.23. The van der Waals surface area contributed by atoms with Crippen LogP contribution in [0.25, 0.3) is 0 Å². The van der Waals surface area contributed by atoms with Gasteiger partial charge in [-0.3, -0.25) is 4.90 Å². The molecular weight excluding hydrogens is 245 g/mol. The van der Waals surface area contributed by atoms with Crippen LogP contribution in [-0.4, -0.2) is 29.0 Å². The molecular formula is C11H15ClFN3O. The maximum absolute atomic E-state index is 13.2. The SMILES string of the molecule is CC(/C(N)=N/O)N(C)Cc1ccc(Cl)c(F)c1. The molecule has 0 saturated carbocycles. The minimum atomic E-state index is -0.450. The molecule has 1 atom stereocenters. The molecule has 0 saturated heterocycles. The minimum Gasteiger partial charge on any atom is -0.409 e. The number of amidine groups is 1. The van der Waals surface area contributed by atoms with Crippen LogP contribution >= 0.6 is 11.6 Å². The molecule has 0 aliphatic rings. The highest BCUT2D eigenvalue weighted by Crippen LogP contribution is 2.16. The maximum Gasteiger partial charge on any atom is 0.156 e. The molecule has 0 fully saturated rings. The zero-order valence-corrected chi connectivity index (χ0v) is 10.4. The summed E-state index contributed by atoms with van der Waals surface area (Å²) in [5.41, 5.74) is 6.26. The van der Waals surface area contributed by atoms with Crippen molar-refractivity contribution >= 4 is 17.4 Å². The number of hydrogen-bond donors (Lipinski definition) is 2. The molecule has 3 N–H and O–H groups in total. The van der Waals surface area contributed by atoms with Gasteiger partial charge in [0.15, 0.2) is 5.84 Å². The average molecular weight is 260 g/mol. The van der Waals surface area contributed by atoms with Crippen molar-refractivity contribution in [3.63, 3.8) is 0 Å². The molecule has 0 aliphatic heterocycles. The van der Waals surface area contributed by atoms with Crippen molar-refractivity contribution in [2.24, 2.45) is 10.9 Å². The topological polar surface area (TPSA) is 61.9 Å². The van der Waals surface area contributed by atoms with Crippen LogP contribution in [0.15, 0.2) is 23.4 Å². The lowest BCUT2D eigenvalue weighted by Crippen LogP contribution is -2.40. The summed E-state index contributed by atoms with van der Waals surface area (Å²) < 4.78 is 13.2. The van der Waals surface area contributed by atoms with Gasteiger partial charge in [-0.1, -0.05) is 22.8 Å². The van der Waals surface area contributed by atoms with E-state index in [1.54, 1.807) is 20.0 Å². The number of nitrogens with two attached hydrogens (primary N) is 1. The van der Waals surface area contributed by atoms with Crippen LogP contribution < -0.4 is 5.73 Å². The quantitative estimate of drug-likeness (QED) is 0.377. The summed E-state index contributed by atoms with van der Waals surface area (Å²) in [5.74, 6) is -0.337. The van der Waals surface area contributed by atoms with Gasteiger partial charge in [0.25, 0.3) is 0 Å². The zero-order valence-electron chi connectivity index (χ0n) is 9.69. The largest absolute Gasteiger partial charge is 0.409 e. The van der Waals surface area contributed by atoms with E-state index in [1.807, 2.05) is 4.90 Å². The third-order valence-corrected chi connectivity index (χ3v) is 2.93. The van der Waals surface area contributed by atoms with E-state index in [1.165, 1.54) is 12.1 Å². The Morgan fingerprint density at radius 1 is 1.65 bits per heavy atom. The number of nitrogens with zero attached hydrogens (tertiary/aromatic N) is 2. The second-order valence-corrected chi connectivity index (χ2v) is 4.27. The molecule has 4 nitrogen and oxygen atoms in total. The third kappa shape index (κ3) is 3.57. The van der Waals surface area contributed by atoms with Crippen molar-refractivity contribution < 1.29 is 9.60 Å². The molecule has 6 heteroatoms. The summed E-state index contributed by atoms with van der Waals surface area (Å²) in [7, 11) is 1.80. The number of benzene rings is 1. The molecule has 0 amide bonds. The maximum atomic E-state index is 13.2. The van der Waals surface area contributed by atoms with Gasteiger partial charge in [-0.2, -0.15) is 0 Å². The fraction of sp³-hybridized carbons (Fsp3) is 0.364. The van der Waals surface area contributed by atoms with E-state index in [9.17, 15) is 4.39 Å². The van der Waals surface area contributed by atoms with Crippen LogP contribution in [0.5, 0.6) is 0 Å². The van der Waals surface area contributed by atoms with Gasteiger partial charge in [0.2, 0.25) is 0 Å². The molecule has 0 spiro atoms. The van der Waals surface area contributed by atoms with Crippen LogP contribution in [0.1, 0.15) is 12.5 Å². The van der Waals surface area contributed by atoms with Crippen molar-refractivity contribution in [3.05, 3.63) is 34.6 Å². The van der Waals surface area contributed by atoms with Gasteiger partial charge in [-0.05, 0) is 31.7 Å². The van der Waals surface area contributed by atoms with Gasteiger partial charge < -0.3 is 10.9 Å². The van der Waals surface area contributed by atoms with Crippen molar-refractivity contribution in [1.29, 1.82) is 0 Å². The number of halogens is 2. The zero-order chi connectivity index (χ0) is 13.0. The highest BCUT2D eigenvalue weighted by Gasteiger charge is 2.14. The van der Waals surface area contributed by atoms with Gasteiger partial charge in [0.1, 0.15) is 5.82 Å². The van der Waals surface area contributed by atoms with E-state index in [2.05, 4.69) is 5.16 Å². The summed E-state index contributed by atoms with van der Waals surface area (Å²) in [6.07, 6.45) is 0. The monoisotopic (exact) mass is 259 g/mol. The predicted octanol–water partition coefficient (Wildman–Crippen LogP) is 2.05. The first-order valence-electron chi connectivity index (χ1n) is 5.07. The number of likely N-dealkylation sites (N-methyl/N-ethyl adjacent to an activating group) is 1. The van der Waals surface area contributed by atoms with E-state index in [-0.39, 0.29) is 16.9 Å². The van der Waals surface area contributed by atoms with Gasteiger partial charge in [0, 0.05) is 6.54 Å². The summed E-state index contributed by atoms with van der Waals surface area (Å²) in [5, 5.41) is 11.6. The molecule has 0 heterocycles. The first kappa shape index (κ1) is 13.7. The Kier molecular flexibility index (Phi) is 4.72. The Morgan fingerprint density at radius 2 is 2.29 bits per heavy atom. The van der Waals surface area contributed by atoms with Gasteiger partial charge in [-0.25, -0.2) is 4.39 Å². The van der Waals surface area contributed by atoms with E-state index >= 15 is 0 Å². The van der Waals surface area contributed by atoms with E-state index in [4.69, 9.17) is 22.5 Å². The molecule has 1 aromatic rings. The highest BCUT2D eigenvalue weighted by molar-refractivity contribution is 6.30. The Hall–Kier alpha value is -1.33.